The van der Waals surface area contributed by atoms with Crippen LogP contribution < -0.4 is 5.32 Å². The van der Waals surface area contributed by atoms with Gasteiger partial charge in [0.15, 0.2) is 11.6 Å². The number of piperidine rings is 1. The Bertz CT molecular complexity index is 587. The van der Waals surface area contributed by atoms with Gasteiger partial charge in [-0.1, -0.05) is 19.1 Å². The Morgan fingerprint density at radius 1 is 1.35 bits per heavy atom. The van der Waals surface area contributed by atoms with Crippen molar-refractivity contribution in [3.05, 3.63) is 35.4 Å². The summed E-state index contributed by atoms with van der Waals surface area (Å²) >= 11 is 0. The van der Waals surface area contributed by atoms with Crippen LogP contribution in [0, 0.1) is 17.6 Å². The molecule has 7 heteroatoms. The Kier molecular flexibility index (Phi) is 5.52. The van der Waals surface area contributed by atoms with E-state index in [1.165, 1.54) is 13.0 Å². The molecule has 1 aromatic carbocycles. The van der Waals surface area contributed by atoms with Crippen molar-refractivity contribution in [1.29, 1.82) is 0 Å². The van der Waals surface area contributed by atoms with Crippen molar-refractivity contribution < 1.29 is 23.5 Å². The summed E-state index contributed by atoms with van der Waals surface area (Å²) in [5.41, 5.74) is 0.351. The molecule has 1 heterocycles. The summed E-state index contributed by atoms with van der Waals surface area (Å²) in [6.45, 7) is 2.43. The summed E-state index contributed by atoms with van der Waals surface area (Å²) < 4.78 is 27.1. The molecule has 0 radical (unpaired) electrons. The lowest BCUT2D eigenvalue weighted by atomic mass is 9.89. The highest BCUT2D eigenvalue weighted by atomic mass is 19.2. The first-order valence-corrected chi connectivity index (χ1v) is 7.59. The van der Waals surface area contributed by atoms with E-state index in [4.69, 9.17) is 5.11 Å². The smallest absolute Gasteiger partial charge is 0.317 e. The van der Waals surface area contributed by atoms with Gasteiger partial charge >= 0.3 is 12.0 Å². The first-order valence-electron chi connectivity index (χ1n) is 7.59. The van der Waals surface area contributed by atoms with Crippen molar-refractivity contribution in [2.75, 3.05) is 19.6 Å². The number of carboxylic acids is 1. The van der Waals surface area contributed by atoms with Gasteiger partial charge in [0.05, 0.1) is 5.92 Å². The molecular weight excluding hydrogens is 306 g/mol. The second kappa shape index (κ2) is 7.39. The van der Waals surface area contributed by atoms with E-state index in [2.05, 4.69) is 5.32 Å². The third-order valence-corrected chi connectivity index (χ3v) is 4.18. The van der Waals surface area contributed by atoms with Crippen LogP contribution >= 0.6 is 0 Å². The van der Waals surface area contributed by atoms with Gasteiger partial charge in [-0.2, -0.15) is 0 Å². The molecule has 0 aliphatic carbocycles. The Labute approximate surface area is 133 Å². The van der Waals surface area contributed by atoms with Crippen molar-refractivity contribution in [3.8, 4) is 0 Å². The van der Waals surface area contributed by atoms with E-state index in [0.29, 0.717) is 31.5 Å². The fraction of sp³-hybridized carbons (Fsp3) is 0.500. The second-order valence-electron chi connectivity index (χ2n) is 5.83. The first-order chi connectivity index (χ1) is 10.9. The molecule has 1 fully saturated rings. The van der Waals surface area contributed by atoms with Gasteiger partial charge in [0.1, 0.15) is 0 Å². The number of halogens is 2. The van der Waals surface area contributed by atoms with E-state index in [1.54, 1.807) is 11.0 Å². The van der Waals surface area contributed by atoms with Gasteiger partial charge < -0.3 is 15.3 Å². The molecule has 0 bridgehead atoms. The SMILES string of the molecule is CC(CNC(=O)N1CCC(c2cccc(F)c2F)CC1)C(=O)O. The molecule has 1 atom stereocenters. The van der Waals surface area contributed by atoms with Crippen molar-refractivity contribution in [1.82, 2.24) is 10.2 Å². The maximum atomic E-state index is 13.8. The lowest BCUT2D eigenvalue weighted by molar-refractivity contribution is -0.140. The molecule has 2 amide bonds. The van der Waals surface area contributed by atoms with Gasteiger partial charge in [0.25, 0.3) is 0 Å². The van der Waals surface area contributed by atoms with E-state index in [1.807, 2.05) is 0 Å². The minimum atomic E-state index is -0.967. The number of carboxylic acid groups (broad SMARTS) is 1. The lowest BCUT2D eigenvalue weighted by Gasteiger charge is -2.32. The number of carbonyl (C=O) groups is 2. The second-order valence-corrected chi connectivity index (χ2v) is 5.83. The summed E-state index contributed by atoms with van der Waals surface area (Å²) in [4.78, 5) is 24.3. The number of hydrogen-bond acceptors (Lipinski definition) is 2. The maximum absolute atomic E-state index is 13.8. The molecule has 0 saturated carbocycles. The third kappa shape index (κ3) is 4.18. The fourth-order valence-electron chi connectivity index (χ4n) is 2.67. The topological polar surface area (TPSA) is 69.6 Å². The fourth-order valence-corrected chi connectivity index (χ4v) is 2.67. The van der Waals surface area contributed by atoms with E-state index in [0.717, 1.165) is 6.07 Å². The van der Waals surface area contributed by atoms with Crippen LogP contribution in [0.1, 0.15) is 31.2 Å². The number of hydrogen-bond donors (Lipinski definition) is 2. The molecule has 2 rings (SSSR count). The van der Waals surface area contributed by atoms with Crippen LogP contribution in [-0.2, 0) is 4.79 Å². The summed E-state index contributed by atoms with van der Waals surface area (Å²) in [5, 5.41) is 11.4. The molecule has 1 saturated heterocycles. The van der Waals surface area contributed by atoms with Gasteiger partial charge in [0.2, 0.25) is 0 Å². The van der Waals surface area contributed by atoms with Crippen molar-refractivity contribution in [2.45, 2.75) is 25.7 Å². The quantitative estimate of drug-likeness (QED) is 0.893. The maximum Gasteiger partial charge on any atom is 0.317 e. The molecular formula is C16H20F2N2O3. The van der Waals surface area contributed by atoms with Gasteiger partial charge in [-0.15, -0.1) is 0 Å². The summed E-state index contributed by atoms with van der Waals surface area (Å²) in [6.07, 6.45) is 1.09. The predicted octanol–water partition coefficient (Wildman–Crippen LogP) is 2.57. The Hall–Kier alpha value is -2.18. The minimum Gasteiger partial charge on any atom is -0.481 e. The van der Waals surface area contributed by atoms with Crippen LogP contribution in [0.15, 0.2) is 18.2 Å². The average Bonchev–Trinajstić information content (AvgIpc) is 2.55. The highest BCUT2D eigenvalue weighted by molar-refractivity contribution is 5.76. The molecule has 1 aliphatic rings. The summed E-state index contributed by atoms with van der Waals surface area (Å²) in [7, 11) is 0. The van der Waals surface area contributed by atoms with Gasteiger partial charge in [-0.05, 0) is 30.4 Å². The lowest BCUT2D eigenvalue weighted by Crippen LogP contribution is -2.45. The zero-order valence-electron chi connectivity index (χ0n) is 12.9. The average molecular weight is 326 g/mol. The summed E-state index contributed by atoms with van der Waals surface area (Å²) in [6, 6.07) is 3.83. The van der Waals surface area contributed by atoms with Crippen molar-refractivity contribution >= 4 is 12.0 Å². The number of amides is 2. The molecule has 2 N–H and O–H groups in total. The molecule has 0 spiro atoms. The molecule has 5 nitrogen and oxygen atoms in total. The number of likely N-dealkylation sites (tertiary alicyclic amines) is 1. The Morgan fingerprint density at radius 3 is 2.61 bits per heavy atom. The van der Waals surface area contributed by atoms with Crippen molar-refractivity contribution in [2.24, 2.45) is 5.92 Å². The van der Waals surface area contributed by atoms with Crippen LogP contribution in [0.4, 0.5) is 13.6 Å². The highest BCUT2D eigenvalue weighted by Gasteiger charge is 2.26. The number of nitrogens with one attached hydrogen (secondary N) is 1. The normalized spacial score (nSPS) is 16.9. The monoisotopic (exact) mass is 326 g/mol. The number of benzene rings is 1. The number of urea groups is 1. The zero-order valence-corrected chi connectivity index (χ0v) is 12.9. The number of carbonyl (C=O) groups excluding carboxylic acids is 1. The number of rotatable bonds is 4. The molecule has 1 aliphatic heterocycles. The van der Waals surface area contributed by atoms with Crippen LogP contribution in [0.5, 0.6) is 0 Å². The van der Waals surface area contributed by atoms with Crippen LogP contribution in [0.2, 0.25) is 0 Å². The largest absolute Gasteiger partial charge is 0.481 e. The first kappa shape index (κ1) is 17.2. The molecule has 126 valence electrons. The molecule has 0 aromatic heterocycles. The van der Waals surface area contributed by atoms with Crippen LogP contribution in [0.3, 0.4) is 0 Å². The number of nitrogens with zero attached hydrogens (tertiary/aromatic N) is 1. The zero-order chi connectivity index (χ0) is 17.0. The van der Waals surface area contributed by atoms with E-state index < -0.39 is 23.5 Å². The third-order valence-electron chi connectivity index (χ3n) is 4.18. The van der Waals surface area contributed by atoms with Crippen LogP contribution in [-0.4, -0.2) is 41.6 Å². The highest BCUT2D eigenvalue weighted by Crippen LogP contribution is 2.30. The number of aliphatic carboxylic acids is 1. The van der Waals surface area contributed by atoms with Crippen LogP contribution in [0.25, 0.3) is 0 Å². The van der Waals surface area contributed by atoms with E-state index >= 15 is 0 Å². The Morgan fingerprint density at radius 2 is 2.00 bits per heavy atom. The summed E-state index contributed by atoms with van der Waals surface area (Å²) in [5.74, 6) is -3.41. The van der Waals surface area contributed by atoms with E-state index in [9.17, 15) is 18.4 Å². The van der Waals surface area contributed by atoms with Gasteiger partial charge in [-0.3, -0.25) is 4.79 Å². The van der Waals surface area contributed by atoms with Crippen molar-refractivity contribution in [3.63, 3.8) is 0 Å². The minimum absolute atomic E-state index is 0.0621. The Balaban J connectivity index is 1.87. The van der Waals surface area contributed by atoms with Gasteiger partial charge in [0, 0.05) is 19.6 Å². The molecule has 1 aromatic rings. The standard InChI is InChI=1S/C16H20F2N2O3/c1-10(15(21)22)9-19-16(23)20-7-5-11(6-8-20)12-3-2-4-13(17)14(12)18/h2-4,10-11H,5-9H2,1H3,(H,19,23)(H,21,22). The predicted molar refractivity (Wildman–Crippen MR) is 80.1 cm³/mol. The van der Waals surface area contributed by atoms with Gasteiger partial charge in [-0.25, -0.2) is 13.6 Å². The molecule has 1 unspecified atom stereocenters. The molecule has 23 heavy (non-hydrogen) atoms. The van der Waals surface area contributed by atoms with E-state index in [-0.39, 0.29) is 18.5 Å².